The average Bonchev–Trinajstić information content (AvgIpc) is 2.64. The molecule has 1 amide bonds. The maximum absolute atomic E-state index is 13.7. The highest BCUT2D eigenvalue weighted by molar-refractivity contribution is 6.30. The first-order valence-electron chi connectivity index (χ1n) is 6.35. The van der Waals surface area contributed by atoms with Crippen LogP contribution < -0.4 is 0 Å². The summed E-state index contributed by atoms with van der Waals surface area (Å²) in [6.45, 7) is 4.01. The highest BCUT2D eigenvalue weighted by Gasteiger charge is 2.40. The minimum absolute atomic E-state index is 0.0829. The van der Waals surface area contributed by atoms with E-state index < -0.39 is 29.6 Å². The molecule has 1 aliphatic heterocycles. The second kappa shape index (κ2) is 5.30. The van der Waals surface area contributed by atoms with Crippen LogP contribution in [0.25, 0.3) is 0 Å². The first-order valence-corrected chi connectivity index (χ1v) is 6.72. The van der Waals surface area contributed by atoms with E-state index in [1.165, 1.54) is 4.90 Å². The number of rotatable bonds is 2. The number of benzene rings is 1. The minimum atomic E-state index is -0.971. The molecule has 2 atom stereocenters. The lowest BCUT2D eigenvalue weighted by Crippen LogP contribution is -2.36. The fourth-order valence-electron chi connectivity index (χ4n) is 2.32. The lowest BCUT2D eigenvalue weighted by atomic mass is 9.95. The minimum Gasteiger partial charge on any atom is -0.388 e. The SMILES string of the molecule is C[C@@H]1CN(C(=O)Cc2c(F)ccc(Cl)c2F)C[C@]1(C)O. The molecule has 1 aromatic carbocycles. The van der Waals surface area contributed by atoms with Crippen LogP contribution in [-0.4, -0.2) is 34.6 Å². The van der Waals surface area contributed by atoms with Gasteiger partial charge in [0.15, 0.2) is 0 Å². The highest BCUT2D eigenvalue weighted by atomic mass is 35.5. The van der Waals surface area contributed by atoms with Crippen LogP contribution in [0.15, 0.2) is 12.1 Å². The summed E-state index contributed by atoms with van der Waals surface area (Å²) in [4.78, 5) is 13.5. The monoisotopic (exact) mass is 303 g/mol. The van der Waals surface area contributed by atoms with Crippen molar-refractivity contribution in [3.8, 4) is 0 Å². The maximum Gasteiger partial charge on any atom is 0.227 e. The van der Waals surface area contributed by atoms with E-state index >= 15 is 0 Å². The van der Waals surface area contributed by atoms with Gasteiger partial charge in [0.05, 0.1) is 17.0 Å². The summed E-state index contributed by atoms with van der Waals surface area (Å²) in [5.41, 5.74) is -1.30. The Balaban J connectivity index is 2.16. The van der Waals surface area contributed by atoms with Gasteiger partial charge in [-0.05, 0) is 19.1 Å². The van der Waals surface area contributed by atoms with Gasteiger partial charge in [-0.1, -0.05) is 18.5 Å². The van der Waals surface area contributed by atoms with E-state index in [9.17, 15) is 18.7 Å². The van der Waals surface area contributed by atoms with Gasteiger partial charge in [-0.2, -0.15) is 0 Å². The maximum atomic E-state index is 13.7. The third-order valence-corrected chi connectivity index (χ3v) is 4.18. The zero-order chi connectivity index (χ0) is 15.1. The number of halogens is 3. The van der Waals surface area contributed by atoms with Crippen molar-refractivity contribution in [2.24, 2.45) is 5.92 Å². The van der Waals surface area contributed by atoms with Gasteiger partial charge in [0.2, 0.25) is 5.91 Å². The van der Waals surface area contributed by atoms with E-state index in [-0.39, 0.29) is 23.0 Å². The van der Waals surface area contributed by atoms with Crippen molar-refractivity contribution >= 4 is 17.5 Å². The number of likely N-dealkylation sites (tertiary alicyclic amines) is 1. The van der Waals surface area contributed by atoms with Gasteiger partial charge in [-0.15, -0.1) is 0 Å². The summed E-state index contributed by atoms with van der Waals surface area (Å²) in [7, 11) is 0. The summed E-state index contributed by atoms with van der Waals surface area (Å²) >= 11 is 5.59. The summed E-state index contributed by atoms with van der Waals surface area (Å²) in [5.74, 6) is -2.20. The molecule has 1 aliphatic rings. The number of nitrogens with zero attached hydrogens (tertiary/aromatic N) is 1. The third kappa shape index (κ3) is 2.79. The smallest absolute Gasteiger partial charge is 0.227 e. The Hall–Kier alpha value is -1.20. The van der Waals surface area contributed by atoms with Gasteiger partial charge in [0, 0.05) is 24.6 Å². The van der Waals surface area contributed by atoms with Crippen LogP contribution in [0.2, 0.25) is 5.02 Å². The van der Waals surface area contributed by atoms with Crippen molar-refractivity contribution in [2.75, 3.05) is 13.1 Å². The van der Waals surface area contributed by atoms with E-state index in [0.29, 0.717) is 6.54 Å². The number of β-amino-alcohol motifs (C(OH)–C–C–N with tert-alkyl or cyclic N) is 1. The topological polar surface area (TPSA) is 40.5 Å². The molecule has 0 aromatic heterocycles. The molecule has 3 nitrogen and oxygen atoms in total. The molecule has 110 valence electrons. The Bertz CT molecular complexity index is 548. The summed E-state index contributed by atoms with van der Waals surface area (Å²) in [5, 5.41) is 9.83. The summed E-state index contributed by atoms with van der Waals surface area (Å²) in [6, 6.07) is 2.15. The number of aliphatic hydroxyl groups is 1. The molecule has 2 rings (SSSR count). The van der Waals surface area contributed by atoms with Crippen LogP contribution in [0.4, 0.5) is 8.78 Å². The van der Waals surface area contributed by atoms with Crippen molar-refractivity contribution in [3.63, 3.8) is 0 Å². The van der Waals surface area contributed by atoms with E-state index in [1.54, 1.807) is 6.92 Å². The van der Waals surface area contributed by atoms with Gasteiger partial charge in [-0.25, -0.2) is 8.78 Å². The molecule has 1 aromatic rings. The molecule has 6 heteroatoms. The highest BCUT2D eigenvalue weighted by Crippen LogP contribution is 2.28. The fourth-order valence-corrected chi connectivity index (χ4v) is 2.50. The number of amides is 1. The average molecular weight is 304 g/mol. The predicted octanol–water partition coefficient (Wildman–Crippen LogP) is 2.39. The second-order valence-electron chi connectivity index (χ2n) is 5.53. The normalized spacial score (nSPS) is 26.1. The Kier molecular flexibility index (Phi) is 4.02. The van der Waals surface area contributed by atoms with E-state index in [0.717, 1.165) is 12.1 Å². The fraction of sp³-hybridized carbons (Fsp3) is 0.500. The van der Waals surface area contributed by atoms with Gasteiger partial charge >= 0.3 is 0 Å². The molecule has 20 heavy (non-hydrogen) atoms. The summed E-state index contributed by atoms with van der Waals surface area (Å²) < 4.78 is 27.3. The molecular weight excluding hydrogens is 288 g/mol. The van der Waals surface area contributed by atoms with Crippen molar-refractivity contribution in [1.82, 2.24) is 4.90 Å². The Morgan fingerprint density at radius 1 is 1.55 bits per heavy atom. The van der Waals surface area contributed by atoms with Gasteiger partial charge in [0.1, 0.15) is 11.6 Å². The van der Waals surface area contributed by atoms with Crippen LogP contribution in [0.3, 0.4) is 0 Å². The lowest BCUT2D eigenvalue weighted by Gasteiger charge is -2.20. The van der Waals surface area contributed by atoms with Crippen LogP contribution in [0.1, 0.15) is 19.4 Å². The van der Waals surface area contributed by atoms with Gasteiger partial charge < -0.3 is 10.0 Å². The van der Waals surface area contributed by atoms with Gasteiger partial charge in [-0.3, -0.25) is 4.79 Å². The van der Waals surface area contributed by atoms with E-state index in [2.05, 4.69) is 0 Å². The zero-order valence-corrected chi connectivity index (χ0v) is 12.0. The van der Waals surface area contributed by atoms with Crippen molar-refractivity contribution in [1.29, 1.82) is 0 Å². The standard InChI is InChI=1S/C14H16ClF2NO2/c1-8-6-18(7-14(8,2)20)12(19)5-9-11(16)4-3-10(15)13(9)17/h3-4,8,20H,5-7H2,1-2H3/t8-,14+/m1/s1. The molecule has 1 fully saturated rings. The van der Waals surface area contributed by atoms with Crippen molar-refractivity contribution < 1.29 is 18.7 Å². The largest absolute Gasteiger partial charge is 0.388 e. The van der Waals surface area contributed by atoms with E-state index in [4.69, 9.17) is 11.6 Å². The first-order chi connectivity index (χ1) is 9.22. The van der Waals surface area contributed by atoms with E-state index in [1.807, 2.05) is 6.92 Å². The van der Waals surface area contributed by atoms with Crippen LogP contribution in [-0.2, 0) is 11.2 Å². The Morgan fingerprint density at radius 2 is 2.20 bits per heavy atom. The number of hydrogen-bond acceptors (Lipinski definition) is 2. The third-order valence-electron chi connectivity index (χ3n) is 3.89. The number of hydrogen-bond donors (Lipinski definition) is 1. The molecular formula is C14H16ClF2NO2. The molecule has 1 heterocycles. The van der Waals surface area contributed by atoms with Crippen molar-refractivity contribution in [2.45, 2.75) is 25.9 Å². The lowest BCUT2D eigenvalue weighted by molar-refractivity contribution is -0.130. The quantitative estimate of drug-likeness (QED) is 0.852. The summed E-state index contributed by atoms with van der Waals surface area (Å²) in [6.07, 6.45) is -0.402. The molecule has 1 N–H and O–H groups in total. The van der Waals surface area contributed by atoms with Crippen LogP contribution in [0, 0.1) is 17.6 Å². The van der Waals surface area contributed by atoms with Crippen LogP contribution >= 0.6 is 11.6 Å². The molecule has 0 aliphatic carbocycles. The Labute approximate surface area is 121 Å². The number of carbonyl (C=O) groups excluding carboxylic acids is 1. The molecule has 1 saturated heterocycles. The van der Waals surface area contributed by atoms with Crippen LogP contribution in [0.5, 0.6) is 0 Å². The van der Waals surface area contributed by atoms with Crippen molar-refractivity contribution in [3.05, 3.63) is 34.4 Å². The predicted molar refractivity (Wildman–Crippen MR) is 71.4 cm³/mol. The molecule has 0 spiro atoms. The number of carbonyl (C=O) groups is 1. The molecule has 0 bridgehead atoms. The first kappa shape index (κ1) is 15.2. The zero-order valence-electron chi connectivity index (χ0n) is 11.3. The van der Waals surface area contributed by atoms with Gasteiger partial charge in [0.25, 0.3) is 0 Å². The molecule has 0 saturated carbocycles. The molecule has 0 unspecified atom stereocenters. The Morgan fingerprint density at radius 3 is 2.75 bits per heavy atom. The molecule has 0 radical (unpaired) electrons. The second-order valence-corrected chi connectivity index (χ2v) is 5.94.